The summed E-state index contributed by atoms with van der Waals surface area (Å²) in [5, 5.41) is 24.9. The van der Waals surface area contributed by atoms with Crippen LogP contribution in [0.2, 0.25) is 0 Å². The van der Waals surface area contributed by atoms with Crippen molar-refractivity contribution in [2.45, 2.75) is 58.9 Å². The van der Waals surface area contributed by atoms with Gasteiger partial charge in [-0.1, -0.05) is 39.2 Å². The predicted octanol–water partition coefficient (Wildman–Crippen LogP) is 3.61. The summed E-state index contributed by atoms with van der Waals surface area (Å²) >= 11 is 0. The number of carbonyl (C=O) groups excluding carboxylic acids is 3. The third-order valence-electron chi connectivity index (χ3n) is 6.16. The van der Waals surface area contributed by atoms with Gasteiger partial charge in [0.2, 0.25) is 12.3 Å². The fourth-order valence-electron chi connectivity index (χ4n) is 4.17. The van der Waals surface area contributed by atoms with E-state index in [0.29, 0.717) is 17.9 Å². The molecule has 2 rings (SSSR count). The Morgan fingerprint density at radius 1 is 1.13 bits per heavy atom. The third-order valence-corrected chi connectivity index (χ3v) is 6.16. The average Bonchev–Trinajstić information content (AvgIpc) is 2.92. The number of benzene rings is 1. The van der Waals surface area contributed by atoms with E-state index in [1.165, 1.54) is 24.3 Å². The van der Waals surface area contributed by atoms with Gasteiger partial charge in [-0.3, -0.25) is 19.6 Å². The molecule has 1 aromatic carbocycles. The molecule has 2 aromatic rings. The van der Waals surface area contributed by atoms with E-state index in [1.807, 2.05) is 6.92 Å². The highest BCUT2D eigenvalue weighted by atomic mass is 19.1. The van der Waals surface area contributed by atoms with Crippen molar-refractivity contribution in [1.29, 1.82) is 0 Å². The number of carbonyl (C=O) groups is 4. The molecule has 3 amide bonds. The molecule has 1 heterocycles. The zero-order valence-corrected chi connectivity index (χ0v) is 22.3. The van der Waals surface area contributed by atoms with Gasteiger partial charge in [-0.05, 0) is 44.0 Å². The molecule has 4 N–H and O–H groups in total. The second-order valence-corrected chi connectivity index (χ2v) is 8.76. The lowest BCUT2D eigenvalue weighted by molar-refractivity contribution is -0.168. The second kappa shape index (κ2) is 15.4. The number of nitrogens with zero attached hydrogens (tertiary/aromatic N) is 2. The number of aromatic nitrogens is 1. The topological polar surface area (TPSA) is 158 Å². The summed E-state index contributed by atoms with van der Waals surface area (Å²) in [6.45, 7) is 5.38. The van der Waals surface area contributed by atoms with Crippen molar-refractivity contribution in [2.75, 3.05) is 13.3 Å². The van der Waals surface area contributed by atoms with Gasteiger partial charge in [0.15, 0.2) is 0 Å². The number of hydrogen-bond acceptors (Lipinski definition) is 7. The normalized spacial score (nSPS) is 12.2. The number of nitrogens with one attached hydrogen (secondary N) is 2. The largest absolute Gasteiger partial charge is 0.493 e. The van der Waals surface area contributed by atoms with Gasteiger partial charge >= 0.3 is 5.97 Å². The first kappa shape index (κ1) is 31.2. The van der Waals surface area contributed by atoms with E-state index in [9.17, 15) is 33.9 Å². The monoisotopic (exact) mass is 546 g/mol. The molecule has 0 unspecified atom stereocenters. The van der Waals surface area contributed by atoms with Crippen LogP contribution in [0.1, 0.15) is 73.7 Å². The number of carboxylic acid groups (broad SMARTS) is 1. The van der Waals surface area contributed by atoms with E-state index >= 15 is 0 Å². The molecule has 0 fully saturated rings. The molecule has 1 aromatic heterocycles. The molecule has 39 heavy (non-hydrogen) atoms. The standard InChI is InChI=1S/C27H35FN4O7/c1-4-7-8-9-18(22(5-2)32(38)16-33)25(34)29-15-30-26(35)21-13-12-20(28)24(31-21)17-10-11-19(27(36)37)23(14-17)39-6-3/h10-14,16,18,22,38H,4-9,15H2,1-3H3,(H,29,34)(H,30,35)(H,36,37)/t18-,22-/m1/s1. The molecule has 0 saturated carbocycles. The van der Waals surface area contributed by atoms with Crippen molar-refractivity contribution in [3.8, 4) is 17.0 Å². The van der Waals surface area contributed by atoms with Crippen LogP contribution in [-0.2, 0) is 9.59 Å². The van der Waals surface area contributed by atoms with Crippen molar-refractivity contribution >= 4 is 24.2 Å². The van der Waals surface area contributed by atoms with Crippen LogP contribution in [0, 0.1) is 11.7 Å². The van der Waals surface area contributed by atoms with E-state index in [0.717, 1.165) is 25.3 Å². The molecular weight excluding hydrogens is 511 g/mol. The smallest absolute Gasteiger partial charge is 0.339 e. The Balaban J connectivity index is 2.15. The zero-order chi connectivity index (χ0) is 28.9. The molecule has 2 atom stereocenters. The van der Waals surface area contributed by atoms with Crippen LogP contribution >= 0.6 is 0 Å². The van der Waals surface area contributed by atoms with E-state index in [-0.39, 0.29) is 47.9 Å². The summed E-state index contributed by atoms with van der Waals surface area (Å²) in [6, 6.07) is 5.50. The number of ether oxygens (including phenoxy) is 1. The van der Waals surface area contributed by atoms with E-state index < -0.39 is 35.6 Å². The van der Waals surface area contributed by atoms with Gasteiger partial charge in [0.1, 0.15) is 28.5 Å². The van der Waals surface area contributed by atoms with Crippen molar-refractivity contribution < 1.29 is 38.6 Å². The lowest BCUT2D eigenvalue weighted by Crippen LogP contribution is -2.47. The molecule has 12 heteroatoms. The van der Waals surface area contributed by atoms with Crippen LogP contribution in [0.5, 0.6) is 5.75 Å². The Morgan fingerprint density at radius 3 is 2.49 bits per heavy atom. The number of aromatic carboxylic acids is 1. The van der Waals surface area contributed by atoms with Crippen molar-refractivity contribution in [2.24, 2.45) is 5.92 Å². The Bertz CT molecular complexity index is 1160. The molecule has 0 radical (unpaired) electrons. The summed E-state index contributed by atoms with van der Waals surface area (Å²) in [5.41, 5.74) is -0.188. The van der Waals surface area contributed by atoms with Crippen LogP contribution in [0.4, 0.5) is 4.39 Å². The SMILES string of the molecule is CCCCC[C@@H](C(=O)NCNC(=O)c1ccc(F)c(-c2ccc(C(=O)O)c(OCC)c2)n1)[C@@H](CC)N(O)C=O. The van der Waals surface area contributed by atoms with E-state index in [4.69, 9.17) is 4.74 Å². The minimum absolute atomic E-state index is 0.0381. The first-order chi connectivity index (χ1) is 18.7. The highest BCUT2D eigenvalue weighted by Crippen LogP contribution is 2.28. The van der Waals surface area contributed by atoms with Crippen LogP contribution in [0.3, 0.4) is 0 Å². The minimum atomic E-state index is -1.20. The average molecular weight is 547 g/mol. The fraction of sp³-hybridized carbons (Fsp3) is 0.444. The first-order valence-corrected chi connectivity index (χ1v) is 12.8. The number of hydrogen-bond donors (Lipinski definition) is 4. The lowest BCUT2D eigenvalue weighted by atomic mass is 9.90. The van der Waals surface area contributed by atoms with Crippen LogP contribution in [0.25, 0.3) is 11.3 Å². The molecule has 0 aliphatic heterocycles. The number of halogens is 1. The number of carboxylic acids is 1. The van der Waals surface area contributed by atoms with Crippen molar-refractivity contribution in [3.05, 3.63) is 47.4 Å². The van der Waals surface area contributed by atoms with E-state index in [2.05, 4.69) is 15.6 Å². The summed E-state index contributed by atoms with van der Waals surface area (Å²) in [5.74, 6) is -3.70. The molecule has 0 spiro atoms. The van der Waals surface area contributed by atoms with Gasteiger partial charge in [0, 0.05) is 5.56 Å². The first-order valence-electron chi connectivity index (χ1n) is 12.8. The lowest BCUT2D eigenvalue weighted by Gasteiger charge is -2.29. The van der Waals surface area contributed by atoms with Gasteiger partial charge in [0.05, 0.1) is 25.2 Å². The fourth-order valence-corrected chi connectivity index (χ4v) is 4.17. The summed E-state index contributed by atoms with van der Waals surface area (Å²) < 4.78 is 20.0. The molecule has 0 aliphatic carbocycles. The molecule has 0 saturated heterocycles. The number of hydroxylamine groups is 2. The number of amides is 3. The van der Waals surface area contributed by atoms with Gasteiger partial charge in [-0.25, -0.2) is 19.2 Å². The van der Waals surface area contributed by atoms with Gasteiger partial charge in [-0.2, -0.15) is 0 Å². The maximum Gasteiger partial charge on any atom is 0.339 e. The van der Waals surface area contributed by atoms with Crippen molar-refractivity contribution in [3.63, 3.8) is 0 Å². The number of rotatable bonds is 16. The van der Waals surface area contributed by atoms with Crippen molar-refractivity contribution in [1.82, 2.24) is 20.7 Å². The van der Waals surface area contributed by atoms with Crippen LogP contribution in [-0.4, -0.2) is 63.9 Å². The Labute approximate surface area is 226 Å². The third kappa shape index (κ3) is 8.47. The number of pyridine rings is 1. The highest BCUT2D eigenvalue weighted by Gasteiger charge is 2.30. The predicted molar refractivity (Wildman–Crippen MR) is 140 cm³/mol. The summed E-state index contributed by atoms with van der Waals surface area (Å²) in [7, 11) is 0. The summed E-state index contributed by atoms with van der Waals surface area (Å²) in [6.07, 6.45) is 3.61. The Hall–Kier alpha value is -4.06. The molecular formula is C27H35FN4O7. The Morgan fingerprint density at radius 2 is 1.87 bits per heavy atom. The van der Waals surface area contributed by atoms with Gasteiger partial charge in [-0.15, -0.1) is 0 Å². The van der Waals surface area contributed by atoms with Gasteiger partial charge in [0.25, 0.3) is 5.91 Å². The summed E-state index contributed by atoms with van der Waals surface area (Å²) in [4.78, 5) is 52.2. The minimum Gasteiger partial charge on any atom is -0.493 e. The maximum absolute atomic E-state index is 14.6. The Kier molecular flexibility index (Phi) is 12.3. The molecule has 0 aliphatic rings. The van der Waals surface area contributed by atoms with E-state index in [1.54, 1.807) is 13.8 Å². The number of unbranched alkanes of at least 4 members (excludes halogenated alkanes) is 2. The quantitative estimate of drug-likeness (QED) is 0.0817. The van der Waals surface area contributed by atoms with Gasteiger partial charge < -0.3 is 20.5 Å². The second-order valence-electron chi connectivity index (χ2n) is 8.76. The molecule has 11 nitrogen and oxygen atoms in total. The zero-order valence-electron chi connectivity index (χ0n) is 22.3. The van der Waals surface area contributed by atoms with Crippen LogP contribution < -0.4 is 15.4 Å². The van der Waals surface area contributed by atoms with Crippen LogP contribution in [0.15, 0.2) is 30.3 Å². The highest BCUT2D eigenvalue weighted by molar-refractivity contribution is 5.94. The molecule has 0 bridgehead atoms. The molecule has 212 valence electrons. The maximum atomic E-state index is 14.6.